The van der Waals surface area contributed by atoms with Gasteiger partial charge in [-0.15, -0.1) is 0 Å². The molecule has 5 heterocycles. The van der Waals surface area contributed by atoms with E-state index >= 15 is 0 Å². The highest BCUT2D eigenvalue weighted by Gasteiger charge is 2.38. The van der Waals surface area contributed by atoms with E-state index in [0.717, 1.165) is 62.1 Å². The number of carbonyl (C=O) groups excluding carboxylic acids is 1. The summed E-state index contributed by atoms with van der Waals surface area (Å²) in [4.78, 5) is 28.1. The van der Waals surface area contributed by atoms with E-state index < -0.39 is 0 Å². The molecule has 0 N–H and O–H groups in total. The molecule has 0 aromatic carbocycles. The van der Waals surface area contributed by atoms with Crippen molar-refractivity contribution in [2.45, 2.75) is 44.2 Å². The van der Waals surface area contributed by atoms with Crippen LogP contribution in [0.3, 0.4) is 0 Å². The first kappa shape index (κ1) is 18.2. The van der Waals surface area contributed by atoms with Crippen molar-refractivity contribution in [2.24, 2.45) is 0 Å². The Kier molecular flexibility index (Phi) is 4.75. The molecular formula is C22H25N5O2. The normalized spacial score (nSPS) is 19.0. The molecule has 5 rings (SSSR count). The molecular weight excluding hydrogens is 366 g/mol. The van der Waals surface area contributed by atoms with Crippen LogP contribution in [0.1, 0.15) is 48.0 Å². The number of fused-ring (bicyclic) bond motifs is 1. The number of amides is 1. The van der Waals surface area contributed by atoms with Gasteiger partial charge in [-0.05, 0) is 49.8 Å². The molecule has 1 amide bonds. The van der Waals surface area contributed by atoms with Crippen molar-refractivity contribution in [3.05, 3.63) is 54.2 Å². The second-order valence-corrected chi connectivity index (χ2v) is 8.08. The molecule has 1 spiro atoms. The first-order chi connectivity index (χ1) is 14.2. The van der Waals surface area contributed by atoms with E-state index in [1.54, 1.807) is 18.7 Å². The lowest BCUT2D eigenvalue weighted by atomic mass is 9.84. The van der Waals surface area contributed by atoms with Crippen LogP contribution in [0.4, 0.5) is 0 Å². The highest BCUT2D eigenvalue weighted by Crippen LogP contribution is 2.35. The first-order valence-electron chi connectivity index (χ1n) is 10.4. The molecule has 150 valence electrons. The molecule has 2 aliphatic heterocycles. The van der Waals surface area contributed by atoms with Crippen LogP contribution in [-0.4, -0.2) is 55.6 Å². The Morgan fingerprint density at radius 2 is 2.03 bits per heavy atom. The van der Waals surface area contributed by atoms with Crippen molar-refractivity contribution in [1.82, 2.24) is 24.4 Å². The fourth-order valence-electron chi connectivity index (χ4n) is 4.47. The van der Waals surface area contributed by atoms with Gasteiger partial charge in [-0.2, -0.15) is 0 Å². The number of nitrogens with zero attached hydrogens (tertiary/aromatic N) is 5. The van der Waals surface area contributed by atoms with Gasteiger partial charge in [0.25, 0.3) is 5.91 Å². The lowest BCUT2D eigenvalue weighted by molar-refractivity contribution is -0.107. The molecule has 0 atom stereocenters. The monoisotopic (exact) mass is 391 g/mol. The maximum atomic E-state index is 13.0. The molecule has 0 saturated carbocycles. The van der Waals surface area contributed by atoms with E-state index in [2.05, 4.69) is 15.0 Å². The lowest BCUT2D eigenvalue weighted by Gasteiger charge is -2.43. The maximum Gasteiger partial charge on any atom is 0.255 e. The number of imidazole rings is 1. The van der Waals surface area contributed by atoms with E-state index in [4.69, 9.17) is 4.74 Å². The Balaban J connectivity index is 1.30. The lowest BCUT2D eigenvalue weighted by Crippen LogP contribution is -2.49. The van der Waals surface area contributed by atoms with Crippen LogP contribution in [0.5, 0.6) is 0 Å². The van der Waals surface area contributed by atoms with Crippen molar-refractivity contribution < 1.29 is 9.53 Å². The van der Waals surface area contributed by atoms with Crippen molar-refractivity contribution >= 4 is 17.1 Å². The number of carbonyl (C=O) groups is 1. The predicted molar refractivity (Wildman–Crippen MR) is 109 cm³/mol. The minimum atomic E-state index is 0.00229. The van der Waals surface area contributed by atoms with E-state index in [1.165, 1.54) is 6.42 Å². The average molecular weight is 391 g/mol. The van der Waals surface area contributed by atoms with Gasteiger partial charge in [0.2, 0.25) is 0 Å². The fraction of sp³-hybridized carbons (Fsp3) is 0.455. The average Bonchev–Trinajstić information content (AvgIpc) is 3.17. The van der Waals surface area contributed by atoms with Crippen LogP contribution in [0, 0.1) is 0 Å². The molecule has 7 heteroatoms. The molecule has 2 saturated heterocycles. The summed E-state index contributed by atoms with van der Waals surface area (Å²) >= 11 is 0. The molecule has 29 heavy (non-hydrogen) atoms. The zero-order valence-corrected chi connectivity index (χ0v) is 16.5. The number of rotatable bonds is 3. The summed E-state index contributed by atoms with van der Waals surface area (Å²) in [5, 5.41) is 0. The number of hydrogen-bond acceptors (Lipinski definition) is 5. The Morgan fingerprint density at radius 3 is 2.79 bits per heavy atom. The van der Waals surface area contributed by atoms with Crippen LogP contribution >= 0.6 is 0 Å². The first-order valence-corrected chi connectivity index (χ1v) is 10.4. The Morgan fingerprint density at radius 1 is 1.14 bits per heavy atom. The number of aromatic nitrogens is 4. The predicted octanol–water partition coefficient (Wildman–Crippen LogP) is 3.05. The summed E-state index contributed by atoms with van der Waals surface area (Å²) < 4.78 is 8.06. The number of ether oxygens (including phenoxy) is 1. The third kappa shape index (κ3) is 3.62. The van der Waals surface area contributed by atoms with Gasteiger partial charge in [0, 0.05) is 38.3 Å². The SMILES string of the molecule is O=C(c1cnc2c(c1)ncn2Cc1cccnc1)N1CCC2(CCCCO2)CC1. The van der Waals surface area contributed by atoms with E-state index in [9.17, 15) is 4.79 Å². The summed E-state index contributed by atoms with van der Waals surface area (Å²) in [5.41, 5.74) is 3.20. The van der Waals surface area contributed by atoms with Crippen LogP contribution in [-0.2, 0) is 11.3 Å². The standard InChI is InChI=1S/C22H25N5O2/c28-21(26-9-6-22(7-10-26)5-1-2-11-29-22)18-12-19-20(24-14-18)27(16-25-19)15-17-4-3-8-23-13-17/h3-4,8,12-14,16H,1-2,5-7,9-11,15H2. The zero-order chi connectivity index (χ0) is 19.7. The van der Waals surface area contributed by atoms with Crippen LogP contribution in [0.15, 0.2) is 43.1 Å². The van der Waals surface area contributed by atoms with Gasteiger partial charge >= 0.3 is 0 Å². The molecule has 0 bridgehead atoms. The van der Waals surface area contributed by atoms with Gasteiger partial charge in [0.15, 0.2) is 5.65 Å². The molecule has 2 aliphatic rings. The largest absolute Gasteiger partial charge is 0.375 e. The molecule has 7 nitrogen and oxygen atoms in total. The number of piperidine rings is 1. The summed E-state index contributed by atoms with van der Waals surface area (Å²) in [7, 11) is 0. The second kappa shape index (κ2) is 7.55. The quantitative estimate of drug-likeness (QED) is 0.686. The highest BCUT2D eigenvalue weighted by molar-refractivity contribution is 5.96. The van der Waals surface area contributed by atoms with Gasteiger partial charge in [0.05, 0.1) is 24.0 Å². The number of likely N-dealkylation sites (tertiary alicyclic amines) is 1. The number of pyridine rings is 2. The highest BCUT2D eigenvalue weighted by atomic mass is 16.5. The summed E-state index contributed by atoms with van der Waals surface area (Å²) in [5.74, 6) is 0.0341. The third-order valence-corrected chi connectivity index (χ3v) is 6.18. The molecule has 3 aromatic heterocycles. The van der Waals surface area contributed by atoms with E-state index in [1.807, 2.05) is 33.9 Å². The summed E-state index contributed by atoms with van der Waals surface area (Å²) in [6, 6.07) is 5.79. The van der Waals surface area contributed by atoms with Gasteiger partial charge in [-0.25, -0.2) is 9.97 Å². The van der Waals surface area contributed by atoms with Crippen LogP contribution in [0.25, 0.3) is 11.2 Å². The molecule has 2 fully saturated rings. The molecule has 0 radical (unpaired) electrons. The third-order valence-electron chi connectivity index (χ3n) is 6.18. The Bertz CT molecular complexity index is 1000. The molecule has 0 aliphatic carbocycles. The number of hydrogen-bond donors (Lipinski definition) is 0. The van der Waals surface area contributed by atoms with Gasteiger partial charge < -0.3 is 14.2 Å². The van der Waals surface area contributed by atoms with Crippen molar-refractivity contribution in [1.29, 1.82) is 0 Å². The van der Waals surface area contributed by atoms with Crippen LogP contribution in [0.2, 0.25) is 0 Å². The zero-order valence-electron chi connectivity index (χ0n) is 16.5. The van der Waals surface area contributed by atoms with Crippen LogP contribution < -0.4 is 0 Å². The van der Waals surface area contributed by atoms with Crippen molar-refractivity contribution in [2.75, 3.05) is 19.7 Å². The molecule has 0 unspecified atom stereocenters. The minimum Gasteiger partial charge on any atom is -0.375 e. The van der Waals surface area contributed by atoms with Crippen molar-refractivity contribution in [3.8, 4) is 0 Å². The van der Waals surface area contributed by atoms with E-state index in [0.29, 0.717) is 12.1 Å². The Hall–Kier alpha value is -2.80. The van der Waals surface area contributed by atoms with Crippen molar-refractivity contribution in [3.63, 3.8) is 0 Å². The maximum absolute atomic E-state index is 13.0. The smallest absolute Gasteiger partial charge is 0.255 e. The topological polar surface area (TPSA) is 73.1 Å². The van der Waals surface area contributed by atoms with Gasteiger partial charge in [0.1, 0.15) is 5.52 Å². The second-order valence-electron chi connectivity index (χ2n) is 8.08. The van der Waals surface area contributed by atoms with E-state index in [-0.39, 0.29) is 11.5 Å². The summed E-state index contributed by atoms with van der Waals surface area (Å²) in [6.07, 6.45) is 12.4. The molecule has 3 aromatic rings. The summed E-state index contributed by atoms with van der Waals surface area (Å²) in [6.45, 7) is 2.99. The Labute approximate surface area is 169 Å². The van der Waals surface area contributed by atoms with Gasteiger partial charge in [-0.3, -0.25) is 9.78 Å². The fourth-order valence-corrected chi connectivity index (χ4v) is 4.47. The minimum absolute atomic E-state index is 0.00229. The van der Waals surface area contributed by atoms with Gasteiger partial charge in [-0.1, -0.05) is 6.07 Å².